The summed E-state index contributed by atoms with van der Waals surface area (Å²) in [6.45, 7) is 4.30. The highest BCUT2D eigenvalue weighted by molar-refractivity contribution is 7.19. The summed E-state index contributed by atoms with van der Waals surface area (Å²) in [5, 5.41) is 3.61. The fourth-order valence-electron chi connectivity index (χ4n) is 1.40. The maximum absolute atomic E-state index is 11.7. The van der Waals surface area contributed by atoms with Gasteiger partial charge in [-0.3, -0.25) is 4.79 Å². The van der Waals surface area contributed by atoms with E-state index < -0.39 is 5.97 Å². The number of carbonyl (C=O) groups is 2. The summed E-state index contributed by atoms with van der Waals surface area (Å²) in [4.78, 5) is 23.7. The lowest BCUT2D eigenvalue weighted by atomic mass is 10.2. The topological polar surface area (TPSA) is 81.4 Å². The summed E-state index contributed by atoms with van der Waals surface area (Å²) in [6, 6.07) is 0. The zero-order chi connectivity index (χ0) is 13.0. The highest BCUT2D eigenvalue weighted by atomic mass is 32.1. The number of methoxy groups -OCH3 is 1. The molecule has 0 aromatic carbocycles. The quantitative estimate of drug-likeness (QED) is 0.623. The normalized spacial score (nSPS) is 10.1. The van der Waals surface area contributed by atoms with Crippen LogP contribution in [-0.4, -0.2) is 25.4 Å². The molecule has 1 heterocycles. The van der Waals surface area contributed by atoms with Crippen molar-refractivity contribution >= 4 is 33.8 Å². The van der Waals surface area contributed by atoms with Crippen molar-refractivity contribution in [3.8, 4) is 0 Å². The lowest BCUT2D eigenvalue weighted by Crippen LogP contribution is -2.08. The van der Waals surface area contributed by atoms with Crippen molar-refractivity contribution in [3.05, 3.63) is 10.4 Å². The molecule has 0 bridgehead atoms. The van der Waals surface area contributed by atoms with Crippen molar-refractivity contribution in [1.29, 1.82) is 0 Å². The van der Waals surface area contributed by atoms with Gasteiger partial charge >= 0.3 is 5.97 Å². The van der Waals surface area contributed by atoms with Gasteiger partial charge in [-0.15, -0.1) is 11.3 Å². The number of ether oxygens (including phenoxy) is 1. The van der Waals surface area contributed by atoms with Crippen LogP contribution in [0.2, 0.25) is 0 Å². The first-order valence-corrected chi connectivity index (χ1v) is 6.16. The average Bonchev–Trinajstić information content (AvgIpc) is 2.65. The lowest BCUT2D eigenvalue weighted by molar-refractivity contribution is 0.0603. The first-order chi connectivity index (χ1) is 8.06. The molecule has 17 heavy (non-hydrogen) atoms. The molecule has 1 aromatic heterocycles. The van der Waals surface area contributed by atoms with E-state index in [-0.39, 0.29) is 17.0 Å². The number of Topliss-reactive ketones (excluding diaryl/α,β-unsaturated/α-hetero) is 1. The van der Waals surface area contributed by atoms with Gasteiger partial charge in [0.05, 0.1) is 17.7 Å². The Morgan fingerprint density at radius 2 is 2.06 bits per heavy atom. The molecule has 94 valence electrons. The van der Waals surface area contributed by atoms with Crippen LogP contribution in [0.15, 0.2) is 0 Å². The van der Waals surface area contributed by atoms with Gasteiger partial charge in [-0.2, -0.15) is 0 Å². The Morgan fingerprint density at radius 3 is 2.53 bits per heavy atom. The van der Waals surface area contributed by atoms with Gasteiger partial charge in [0, 0.05) is 13.0 Å². The SMILES string of the molecule is CCNc1sc(C(=O)CC)c(N)c1C(=O)OC. The standard InChI is InChI=1S/C11H16N2O3S/c1-4-6(14)9-8(12)7(11(15)16-3)10(17-9)13-5-2/h13H,4-5,12H2,1-3H3. The van der Waals surface area contributed by atoms with Gasteiger partial charge in [0.15, 0.2) is 5.78 Å². The van der Waals surface area contributed by atoms with E-state index in [9.17, 15) is 9.59 Å². The van der Waals surface area contributed by atoms with Crippen LogP contribution < -0.4 is 11.1 Å². The van der Waals surface area contributed by atoms with E-state index in [0.29, 0.717) is 22.8 Å². The number of nitrogens with two attached hydrogens (primary N) is 1. The van der Waals surface area contributed by atoms with Crippen LogP contribution in [0.4, 0.5) is 10.7 Å². The fourth-order valence-corrected chi connectivity index (χ4v) is 2.59. The molecule has 0 spiro atoms. The second-order valence-electron chi connectivity index (χ2n) is 3.35. The number of nitrogens with one attached hydrogen (secondary N) is 1. The highest BCUT2D eigenvalue weighted by Crippen LogP contribution is 2.36. The molecule has 0 fully saturated rings. The molecule has 0 saturated heterocycles. The average molecular weight is 256 g/mol. The Hall–Kier alpha value is -1.56. The molecule has 1 aromatic rings. The third kappa shape index (κ3) is 2.58. The summed E-state index contributed by atoms with van der Waals surface area (Å²) < 4.78 is 4.67. The van der Waals surface area contributed by atoms with Gasteiger partial charge in [0.1, 0.15) is 10.6 Å². The van der Waals surface area contributed by atoms with Gasteiger partial charge in [-0.1, -0.05) is 6.92 Å². The Labute approximate surface area is 104 Å². The summed E-state index contributed by atoms with van der Waals surface area (Å²) >= 11 is 1.20. The number of hydrogen-bond acceptors (Lipinski definition) is 6. The van der Waals surface area contributed by atoms with Crippen molar-refractivity contribution in [3.63, 3.8) is 0 Å². The lowest BCUT2D eigenvalue weighted by Gasteiger charge is -2.03. The Morgan fingerprint density at radius 1 is 1.41 bits per heavy atom. The van der Waals surface area contributed by atoms with Gasteiger partial charge in [0.25, 0.3) is 0 Å². The number of nitrogen functional groups attached to an aromatic ring is 1. The number of ketones is 1. The third-order valence-corrected chi connectivity index (χ3v) is 3.45. The highest BCUT2D eigenvalue weighted by Gasteiger charge is 2.24. The second-order valence-corrected chi connectivity index (χ2v) is 4.37. The maximum Gasteiger partial charge on any atom is 0.343 e. The largest absolute Gasteiger partial charge is 0.465 e. The fraction of sp³-hybridized carbons (Fsp3) is 0.455. The molecule has 3 N–H and O–H groups in total. The number of hydrogen-bond donors (Lipinski definition) is 2. The monoisotopic (exact) mass is 256 g/mol. The number of rotatable bonds is 5. The number of esters is 1. The van der Waals surface area contributed by atoms with Crippen LogP contribution in [-0.2, 0) is 4.74 Å². The molecular weight excluding hydrogens is 240 g/mol. The van der Waals surface area contributed by atoms with E-state index in [1.165, 1.54) is 18.4 Å². The number of anilines is 2. The minimum atomic E-state index is -0.523. The summed E-state index contributed by atoms with van der Waals surface area (Å²) in [6.07, 6.45) is 0.358. The molecule has 6 heteroatoms. The Balaban J connectivity index is 3.29. The van der Waals surface area contributed by atoms with Crippen molar-refractivity contribution in [1.82, 2.24) is 0 Å². The van der Waals surface area contributed by atoms with E-state index in [4.69, 9.17) is 5.73 Å². The van der Waals surface area contributed by atoms with E-state index >= 15 is 0 Å². The van der Waals surface area contributed by atoms with Crippen molar-refractivity contribution in [2.24, 2.45) is 0 Å². The van der Waals surface area contributed by atoms with E-state index in [2.05, 4.69) is 10.1 Å². The molecule has 0 saturated carbocycles. The smallest absolute Gasteiger partial charge is 0.343 e. The van der Waals surface area contributed by atoms with Crippen LogP contribution >= 0.6 is 11.3 Å². The molecule has 0 amide bonds. The predicted octanol–water partition coefficient (Wildman–Crippen LogP) is 2.14. The zero-order valence-corrected chi connectivity index (χ0v) is 10.9. The van der Waals surface area contributed by atoms with Crippen LogP contribution in [0.1, 0.15) is 40.3 Å². The third-order valence-electron chi connectivity index (χ3n) is 2.25. The molecule has 0 radical (unpaired) electrons. The van der Waals surface area contributed by atoms with Crippen molar-refractivity contribution < 1.29 is 14.3 Å². The van der Waals surface area contributed by atoms with E-state index in [0.717, 1.165) is 0 Å². The first-order valence-electron chi connectivity index (χ1n) is 5.34. The van der Waals surface area contributed by atoms with Crippen LogP contribution in [0, 0.1) is 0 Å². The van der Waals surface area contributed by atoms with Gasteiger partial charge < -0.3 is 15.8 Å². The van der Waals surface area contributed by atoms with Crippen molar-refractivity contribution in [2.45, 2.75) is 20.3 Å². The second kappa shape index (κ2) is 5.67. The van der Waals surface area contributed by atoms with Gasteiger partial charge in [-0.05, 0) is 6.92 Å². The van der Waals surface area contributed by atoms with Gasteiger partial charge in [-0.25, -0.2) is 4.79 Å². The predicted molar refractivity (Wildman–Crippen MR) is 68.9 cm³/mol. The summed E-state index contributed by atoms with van der Waals surface area (Å²) in [7, 11) is 1.29. The Kier molecular flexibility index (Phi) is 4.51. The molecule has 1 rings (SSSR count). The zero-order valence-electron chi connectivity index (χ0n) is 10.1. The molecule has 0 unspecified atom stereocenters. The first kappa shape index (κ1) is 13.5. The molecule has 0 atom stereocenters. The van der Waals surface area contributed by atoms with Crippen LogP contribution in [0.3, 0.4) is 0 Å². The summed E-state index contributed by atoms with van der Waals surface area (Å²) in [5.74, 6) is -0.591. The van der Waals surface area contributed by atoms with Crippen LogP contribution in [0.25, 0.3) is 0 Å². The number of thiophene rings is 1. The molecule has 0 aliphatic carbocycles. The minimum Gasteiger partial charge on any atom is -0.465 e. The molecular formula is C11H16N2O3S. The maximum atomic E-state index is 11.7. The van der Waals surface area contributed by atoms with Gasteiger partial charge in [0.2, 0.25) is 0 Å². The molecule has 0 aliphatic heterocycles. The van der Waals surface area contributed by atoms with E-state index in [1.54, 1.807) is 6.92 Å². The molecule has 0 aliphatic rings. The number of carbonyl (C=O) groups excluding carboxylic acids is 2. The summed E-state index contributed by atoms with van der Waals surface area (Å²) in [5.41, 5.74) is 6.31. The Bertz CT molecular complexity index is 440. The molecule has 5 nitrogen and oxygen atoms in total. The van der Waals surface area contributed by atoms with Crippen LogP contribution in [0.5, 0.6) is 0 Å². The minimum absolute atomic E-state index is 0.0678. The van der Waals surface area contributed by atoms with E-state index in [1.807, 2.05) is 6.92 Å². The van der Waals surface area contributed by atoms with Crippen molar-refractivity contribution in [2.75, 3.05) is 24.7 Å².